The van der Waals surface area contributed by atoms with E-state index in [4.69, 9.17) is 25.8 Å². The summed E-state index contributed by atoms with van der Waals surface area (Å²) in [6, 6.07) is 10.3. The van der Waals surface area contributed by atoms with Crippen molar-refractivity contribution in [3.63, 3.8) is 0 Å². The van der Waals surface area contributed by atoms with Gasteiger partial charge in [0.25, 0.3) is 5.91 Å². The van der Waals surface area contributed by atoms with Crippen LogP contribution in [0.25, 0.3) is 0 Å². The van der Waals surface area contributed by atoms with E-state index in [-0.39, 0.29) is 36.1 Å². The number of ether oxygens (including phenoxy) is 3. The molecule has 0 aliphatic rings. The molecular weight excluding hydrogens is 434 g/mol. The van der Waals surface area contributed by atoms with Crippen LogP contribution < -0.4 is 14.8 Å². The lowest BCUT2D eigenvalue weighted by Gasteiger charge is -2.18. The van der Waals surface area contributed by atoms with Gasteiger partial charge in [0, 0.05) is 18.5 Å². The molecule has 0 aliphatic carbocycles. The second-order valence-corrected chi connectivity index (χ2v) is 8.26. The molecule has 0 heterocycles. The molecular formula is C24H30ClNO6. The van der Waals surface area contributed by atoms with Gasteiger partial charge in [-0.15, -0.1) is 0 Å². The van der Waals surface area contributed by atoms with Crippen LogP contribution in [0, 0.1) is 0 Å². The SMILES string of the molecule is COc1ccc(CC(OC(C)C)C(=O)O)cc1CNC(=O)c1ccc(OC(C)C)cc1Cl. The number of aliphatic carboxylic acids is 1. The lowest BCUT2D eigenvalue weighted by Crippen LogP contribution is -2.29. The molecule has 1 amide bonds. The quantitative estimate of drug-likeness (QED) is 0.510. The number of carbonyl (C=O) groups is 2. The van der Waals surface area contributed by atoms with Crippen molar-refractivity contribution in [3.05, 3.63) is 58.1 Å². The highest BCUT2D eigenvalue weighted by atomic mass is 35.5. The van der Waals surface area contributed by atoms with E-state index in [1.165, 1.54) is 7.11 Å². The normalized spacial score (nSPS) is 12.0. The van der Waals surface area contributed by atoms with Crippen LogP contribution in [0.15, 0.2) is 36.4 Å². The number of carboxylic acids is 1. The lowest BCUT2D eigenvalue weighted by atomic mass is 10.0. The van der Waals surface area contributed by atoms with Gasteiger partial charge in [-0.1, -0.05) is 23.7 Å². The highest BCUT2D eigenvalue weighted by Gasteiger charge is 2.21. The first-order valence-corrected chi connectivity index (χ1v) is 10.8. The van der Waals surface area contributed by atoms with Crippen molar-refractivity contribution in [2.75, 3.05) is 7.11 Å². The fourth-order valence-electron chi connectivity index (χ4n) is 3.13. The third kappa shape index (κ3) is 7.43. The van der Waals surface area contributed by atoms with Crippen molar-refractivity contribution in [2.45, 2.75) is 59.0 Å². The van der Waals surface area contributed by atoms with Crippen LogP contribution in [0.1, 0.15) is 49.2 Å². The summed E-state index contributed by atoms with van der Waals surface area (Å²) >= 11 is 6.27. The van der Waals surface area contributed by atoms with E-state index in [0.29, 0.717) is 22.6 Å². The summed E-state index contributed by atoms with van der Waals surface area (Å²) in [5, 5.41) is 12.5. The molecule has 2 aromatic carbocycles. The van der Waals surface area contributed by atoms with Crippen molar-refractivity contribution in [1.29, 1.82) is 0 Å². The number of carboxylic acid groups (broad SMARTS) is 1. The van der Waals surface area contributed by atoms with Crippen molar-refractivity contribution >= 4 is 23.5 Å². The van der Waals surface area contributed by atoms with E-state index in [1.54, 1.807) is 50.2 Å². The standard InChI is InChI=1S/C24H30ClNO6/c1-14(2)31-18-7-8-19(20(25)12-18)23(27)26-13-17-10-16(6-9-21(17)30-5)11-22(24(28)29)32-15(3)4/h6-10,12,14-15,22H,11,13H2,1-5H3,(H,26,27)(H,28,29). The van der Waals surface area contributed by atoms with Gasteiger partial charge >= 0.3 is 5.97 Å². The third-order valence-electron chi connectivity index (χ3n) is 4.47. The van der Waals surface area contributed by atoms with E-state index >= 15 is 0 Å². The van der Waals surface area contributed by atoms with E-state index < -0.39 is 12.1 Å². The molecule has 1 unspecified atom stereocenters. The number of hydrogen-bond acceptors (Lipinski definition) is 5. The first-order valence-electron chi connectivity index (χ1n) is 10.4. The van der Waals surface area contributed by atoms with Crippen molar-refractivity contribution in [3.8, 4) is 11.5 Å². The van der Waals surface area contributed by atoms with Crippen molar-refractivity contribution in [1.82, 2.24) is 5.32 Å². The Morgan fingerprint density at radius 3 is 2.34 bits per heavy atom. The van der Waals surface area contributed by atoms with Gasteiger partial charge in [-0.05, 0) is 57.5 Å². The fraction of sp³-hybridized carbons (Fsp3) is 0.417. The molecule has 2 aromatic rings. The Morgan fingerprint density at radius 1 is 1.06 bits per heavy atom. The van der Waals surface area contributed by atoms with E-state index in [1.807, 2.05) is 13.8 Å². The smallest absolute Gasteiger partial charge is 0.333 e. The summed E-state index contributed by atoms with van der Waals surface area (Å²) in [7, 11) is 1.53. The zero-order valence-corrected chi connectivity index (χ0v) is 19.7. The molecule has 0 spiro atoms. The number of hydrogen-bond donors (Lipinski definition) is 2. The Kier molecular flexibility index (Phi) is 9.35. The van der Waals surface area contributed by atoms with Gasteiger partial charge in [0.2, 0.25) is 0 Å². The van der Waals surface area contributed by atoms with E-state index in [9.17, 15) is 14.7 Å². The maximum absolute atomic E-state index is 12.7. The summed E-state index contributed by atoms with van der Waals surface area (Å²) in [5.74, 6) is -0.195. The van der Waals surface area contributed by atoms with Gasteiger partial charge in [0.15, 0.2) is 6.10 Å². The molecule has 0 aliphatic heterocycles. The zero-order chi connectivity index (χ0) is 23.8. The van der Waals surface area contributed by atoms with Crippen LogP contribution in [0.3, 0.4) is 0 Å². The molecule has 32 heavy (non-hydrogen) atoms. The molecule has 0 aromatic heterocycles. The molecule has 0 bridgehead atoms. The van der Waals surface area contributed by atoms with Gasteiger partial charge in [0.1, 0.15) is 11.5 Å². The van der Waals surface area contributed by atoms with Crippen LogP contribution in [-0.2, 0) is 22.5 Å². The van der Waals surface area contributed by atoms with E-state index in [2.05, 4.69) is 5.32 Å². The molecule has 2 rings (SSSR count). The number of amides is 1. The molecule has 7 nitrogen and oxygen atoms in total. The average Bonchev–Trinajstić information content (AvgIpc) is 2.71. The number of carbonyl (C=O) groups excluding carboxylic acids is 1. The van der Waals surface area contributed by atoms with Gasteiger partial charge in [-0.2, -0.15) is 0 Å². The Balaban J connectivity index is 2.13. The largest absolute Gasteiger partial charge is 0.496 e. The minimum absolute atomic E-state index is 0.00264. The molecule has 2 N–H and O–H groups in total. The minimum Gasteiger partial charge on any atom is -0.496 e. The Bertz CT molecular complexity index is 944. The van der Waals surface area contributed by atoms with Crippen molar-refractivity contribution in [2.24, 2.45) is 0 Å². The molecule has 174 valence electrons. The predicted molar refractivity (Wildman–Crippen MR) is 123 cm³/mol. The van der Waals surface area contributed by atoms with Gasteiger partial charge in [0.05, 0.1) is 29.9 Å². The van der Waals surface area contributed by atoms with Gasteiger partial charge in [-0.25, -0.2) is 4.79 Å². The maximum Gasteiger partial charge on any atom is 0.333 e. The molecule has 1 atom stereocenters. The lowest BCUT2D eigenvalue weighted by molar-refractivity contribution is -0.153. The van der Waals surface area contributed by atoms with Crippen LogP contribution in [-0.4, -0.2) is 42.4 Å². The first kappa shape index (κ1) is 25.5. The predicted octanol–water partition coefficient (Wildman–Crippen LogP) is 4.49. The molecule has 0 radical (unpaired) electrons. The fourth-order valence-corrected chi connectivity index (χ4v) is 3.39. The highest BCUT2D eigenvalue weighted by molar-refractivity contribution is 6.34. The second-order valence-electron chi connectivity index (χ2n) is 7.85. The van der Waals surface area contributed by atoms with Crippen molar-refractivity contribution < 1.29 is 28.9 Å². The third-order valence-corrected chi connectivity index (χ3v) is 4.79. The summed E-state index contributed by atoms with van der Waals surface area (Å²) in [6.07, 6.45) is -0.981. The number of nitrogens with one attached hydrogen (secondary N) is 1. The number of halogens is 1. The topological polar surface area (TPSA) is 94.1 Å². The molecule has 8 heteroatoms. The molecule has 0 saturated heterocycles. The summed E-state index contributed by atoms with van der Waals surface area (Å²) < 4.78 is 16.5. The second kappa shape index (κ2) is 11.7. The first-order chi connectivity index (χ1) is 15.1. The Morgan fingerprint density at radius 2 is 1.78 bits per heavy atom. The minimum atomic E-state index is -1.02. The summed E-state index contributed by atoms with van der Waals surface area (Å²) in [5.41, 5.74) is 1.80. The number of methoxy groups -OCH3 is 1. The molecule has 0 saturated carbocycles. The Hall–Kier alpha value is -2.77. The van der Waals surface area contributed by atoms with Crippen LogP contribution >= 0.6 is 11.6 Å². The highest BCUT2D eigenvalue weighted by Crippen LogP contribution is 2.25. The zero-order valence-electron chi connectivity index (χ0n) is 19.0. The van der Waals surface area contributed by atoms with Gasteiger partial charge in [-0.3, -0.25) is 4.79 Å². The summed E-state index contributed by atoms with van der Waals surface area (Å²) in [4.78, 5) is 24.2. The monoisotopic (exact) mass is 463 g/mol. The maximum atomic E-state index is 12.7. The van der Waals surface area contributed by atoms with Gasteiger partial charge < -0.3 is 24.6 Å². The molecule has 0 fully saturated rings. The number of benzene rings is 2. The van der Waals surface area contributed by atoms with E-state index in [0.717, 1.165) is 5.56 Å². The Labute approximate surface area is 193 Å². The van der Waals surface area contributed by atoms with Crippen LogP contribution in [0.5, 0.6) is 11.5 Å². The van der Waals surface area contributed by atoms with Crippen LogP contribution in [0.2, 0.25) is 5.02 Å². The average molecular weight is 464 g/mol. The summed E-state index contributed by atoms with van der Waals surface area (Å²) in [6.45, 7) is 7.57. The van der Waals surface area contributed by atoms with Crippen LogP contribution in [0.4, 0.5) is 0 Å². The number of rotatable bonds is 11.